The molecule has 1 heterocycles. The van der Waals surface area contributed by atoms with Crippen LogP contribution in [0.25, 0.3) is 0 Å². The van der Waals surface area contributed by atoms with Crippen LogP contribution in [-0.4, -0.2) is 23.6 Å². The van der Waals surface area contributed by atoms with Crippen molar-refractivity contribution >= 4 is 29.1 Å². The van der Waals surface area contributed by atoms with Crippen molar-refractivity contribution in [2.45, 2.75) is 24.4 Å². The average molecular weight is 262 g/mol. The highest BCUT2D eigenvalue weighted by Gasteiger charge is 2.59. The van der Waals surface area contributed by atoms with Crippen LogP contribution in [0.15, 0.2) is 16.2 Å². The first-order valence-corrected chi connectivity index (χ1v) is 4.90. The van der Waals surface area contributed by atoms with Crippen LogP contribution < -0.4 is 0 Å². The van der Waals surface area contributed by atoms with Crippen molar-refractivity contribution < 1.29 is 17.9 Å². The summed E-state index contributed by atoms with van der Waals surface area (Å²) in [5, 5.41) is -0.0426. The van der Waals surface area contributed by atoms with Gasteiger partial charge in [-0.3, -0.25) is 0 Å². The van der Waals surface area contributed by atoms with Crippen LogP contribution in [0, 0.1) is 0 Å². The summed E-state index contributed by atoms with van der Waals surface area (Å²) in [5.41, 5.74) is 0. The predicted molar refractivity (Wildman–Crippen MR) is 52.3 cm³/mol. The number of hydrogen-bond acceptors (Lipinski definition) is 2. The molecule has 0 bridgehead atoms. The van der Waals surface area contributed by atoms with Crippen LogP contribution in [0.2, 0.25) is 0 Å². The van der Waals surface area contributed by atoms with E-state index in [9.17, 15) is 13.2 Å². The minimum Gasteiger partial charge on any atom is -0.479 e. The number of alkyl halides is 4. The number of aliphatic imine (C=N–C) groups is 1. The zero-order valence-electron chi connectivity index (χ0n) is 7.74. The molecule has 15 heavy (non-hydrogen) atoms. The Kier molecular flexibility index (Phi) is 3.55. The van der Waals surface area contributed by atoms with Crippen molar-refractivity contribution in [3.8, 4) is 0 Å². The van der Waals surface area contributed by atoms with Gasteiger partial charge in [-0.05, 0) is 13.0 Å². The SMILES string of the molecule is CCOC1=NC(Cl)=CCC1(Cl)C(F)(F)F. The Labute approximate surface area is 94.7 Å². The molecular formula is C8H8Cl2F3NO. The molecule has 1 aliphatic heterocycles. The fourth-order valence-electron chi connectivity index (χ4n) is 1.06. The fraction of sp³-hybridized carbons (Fsp3) is 0.625. The quantitative estimate of drug-likeness (QED) is 0.524. The van der Waals surface area contributed by atoms with Crippen molar-refractivity contribution in [1.29, 1.82) is 0 Å². The summed E-state index contributed by atoms with van der Waals surface area (Å²) in [4.78, 5) is 0.865. The molecule has 0 spiro atoms. The Morgan fingerprint density at radius 3 is 2.67 bits per heavy atom. The third kappa shape index (κ3) is 2.39. The van der Waals surface area contributed by atoms with Gasteiger partial charge in [0.2, 0.25) is 10.8 Å². The van der Waals surface area contributed by atoms with E-state index in [1.807, 2.05) is 0 Å². The van der Waals surface area contributed by atoms with Gasteiger partial charge < -0.3 is 4.74 Å². The lowest BCUT2D eigenvalue weighted by Crippen LogP contribution is -2.49. The van der Waals surface area contributed by atoms with Crippen molar-refractivity contribution in [2.75, 3.05) is 6.61 Å². The monoisotopic (exact) mass is 261 g/mol. The number of ether oxygens (including phenoxy) is 1. The molecule has 0 amide bonds. The van der Waals surface area contributed by atoms with E-state index in [0.717, 1.165) is 6.08 Å². The molecule has 0 aromatic heterocycles. The summed E-state index contributed by atoms with van der Waals surface area (Å²) in [5.74, 6) is -0.591. The summed E-state index contributed by atoms with van der Waals surface area (Å²) in [6.07, 6.45) is -3.99. The lowest BCUT2D eigenvalue weighted by atomic mass is 10.0. The Balaban J connectivity index is 3.06. The van der Waals surface area contributed by atoms with Crippen LogP contribution >= 0.6 is 23.2 Å². The van der Waals surface area contributed by atoms with Crippen LogP contribution in [-0.2, 0) is 4.74 Å². The van der Waals surface area contributed by atoms with Gasteiger partial charge in [0.05, 0.1) is 6.61 Å². The maximum absolute atomic E-state index is 12.7. The topological polar surface area (TPSA) is 21.6 Å². The van der Waals surface area contributed by atoms with Gasteiger partial charge in [-0.1, -0.05) is 23.2 Å². The van der Waals surface area contributed by atoms with Crippen molar-refractivity contribution in [3.05, 3.63) is 11.2 Å². The van der Waals surface area contributed by atoms with Gasteiger partial charge in [-0.25, -0.2) is 4.99 Å². The first-order valence-electron chi connectivity index (χ1n) is 4.14. The second-order valence-corrected chi connectivity index (χ2v) is 3.91. The molecule has 2 nitrogen and oxygen atoms in total. The number of rotatable bonds is 1. The Bertz CT molecular complexity index is 313. The third-order valence-electron chi connectivity index (χ3n) is 1.83. The second kappa shape index (κ2) is 4.22. The largest absolute Gasteiger partial charge is 0.479 e. The van der Waals surface area contributed by atoms with Crippen LogP contribution in [0.3, 0.4) is 0 Å². The summed E-state index contributed by atoms with van der Waals surface area (Å²) >= 11 is 11.0. The maximum atomic E-state index is 12.7. The van der Waals surface area contributed by atoms with Gasteiger partial charge in [0.25, 0.3) is 0 Å². The van der Waals surface area contributed by atoms with Crippen molar-refractivity contribution in [3.63, 3.8) is 0 Å². The molecule has 0 aromatic rings. The molecular weight excluding hydrogens is 254 g/mol. The molecule has 0 aromatic carbocycles. The summed E-state index contributed by atoms with van der Waals surface area (Å²) in [6, 6.07) is 0. The van der Waals surface area contributed by atoms with Crippen molar-refractivity contribution in [1.82, 2.24) is 0 Å². The molecule has 0 saturated heterocycles. The second-order valence-electron chi connectivity index (χ2n) is 2.88. The minimum atomic E-state index is -4.63. The Morgan fingerprint density at radius 2 is 2.20 bits per heavy atom. The molecule has 1 atom stereocenters. The highest BCUT2D eigenvalue weighted by molar-refractivity contribution is 6.38. The van der Waals surface area contributed by atoms with Gasteiger partial charge in [0.15, 0.2) is 0 Å². The highest BCUT2D eigenvalue weighted by atomic mass is 35.5. The molecule has 0 aliphatic carbocycles. The van der Waals surface area contributed by atoms with Crippen LogP contribution in [0.5, 0.6) is 0 Å². The van der Waals surface area contributed by atoms with Gasteiger partial charge in [0, 0.05) is 6.42 Å². The molecule has 0 saturated carbocycles. The number of nitrogens with zero attached hydrogens (tertiary/aromatic N) is 1. The zero-order chi connectivity index (χ0) is 11.7. The molecule has 0 radical (unpaired) electrons. The van der Waals surface area contributed by atoms with Crippen molar-refractivity contribution in [2.24, 2.45) is 4.99 Å². The van der Waals surface area contributed by atoms with E-state index in [-0.39, 0.29) is 11.8 Å². The molecule has 1 rings (SSSR count). The van der Waals surface area contributed by atoms with Gasteiger partial charge in [-0.2, -0.15) is 13.2 Å². The van der Waals surface area contributed by atoms with Gasteiger partial charge >= 0.3 is 6.18 Å². The van der Waals surface area contributed by atoms with E-state index in [0.29, 0.717) is 0 Å². The Hall–Kier alpha value is -0.420. The highest BCUT2D eigenvalue weighted by Crippen LogP contribution is 2.43. The molecule has 86 valence electrons. The number of halogens is 5. The zero-order valence-corrected chi connectivity index (χ0v) is 9.25. The summed E-state index contributed by atoms with van der Waals surface area (Å²) < 4.78 is 42.8. The van der Waals surface area contributed by atoms with E-state index in [4.69, 9.17) is 27.9 Å². The van der Waals surface area contributed by atoms with E-state index >= 15 is 0 Å². The van der Waals surface area contributed by atoms with E-state index in [1.165, 1.54) is 0 Å². The van der Waals surface area contributed by atoms with Gasteiger partial charge in [0.1, 0.15) is 5.16 Å². The summed E-state index contributed by atoms with van der Waals surface area (Å²) in [6.45, 7) is 1.59. The first kappa shape index (κ1) is 12.6. The smallest absolute Gasteiger partial charge is 0.416 e. The molecule has 0 fully saturated rings. The van der Waals surface area contributed by atoms with Crippen LogP contribution in [0.4, 0.5) is 13.2 Å². The molecule has 7 heteroatoms. The van der Waals surface area contributed by atoms with E-state index in [1.54, 1.807) is 6.92 Å². The maximum Gasteiger partial charge on any atom is 0.416 e. The minimum absolute atomic E-state index is 0.0426. The number of hydrogen-bond donors (Lipinski definition) is 0. The number of allylic oxidation sites excluding steroid dienone is 1. The molecule has 1 aliphatic rings. The standard InChI is InChI=1S/C8H8Cl2F3NO/c1-2-15-6-7(10,8(11,12)13)4-3-5(9)14-6/h3H,2,4H2,1H3. The average Bonchev–Trinajstić information content (AvgIpc) is 2.10. The predicted octanol–water partition coefficient (Wildman–Crippen LogP) is 3.45. The lowest BCUT2D eigenvalue weighted by Gasteiger charge is -2.31. The normalized spacial score (nSPS) is 27.1. The van der Waals surface area contributed by atoms with E-state index in [2.05, 4.69) is 4.99 Å². The fourth-order valence-corrected chi connectivity index (χ4v) is 1.39. The molecule has 1 unspecified atom stereocenters. The Morgan fingerprint density at radius 1 is 1.60 bits per heavy atom. The van der Waals surface area contributed by atoms with Crippen LogP contribution in [0.1, 0.15) is 13.3 Å². The lowest BCUT2D eigenvalue weighted by molar-refractivity contribution is -0.148. The van der Waals surface area contributed by atoms with E-state index < -0.39 is 23.4 Å². The first-order chi connectivity index (χ1) is 6.81. The summed E-state index contributed by atoms with van der Waals surface area (Å²) in [7, 11) is 0. The third-order valence-corrected chi connectivity index (χ3v) is 2.60. The van der Waals surface area contributed by atoms with Gasteiger partial charge in [-0.15, -0.1) is 0 Å². The molecule has 0 N–H and O–H groups in total.